The Bertz CT molecular complexity index is 2770. The zero-order valence-corrected chi connectivity index (χ0v) is 28.1. The fraction of sp³-hybridized carbons (Fsp3) is 0.0196. The Hall–Kier alpha value is -6.50. The molecule has 0 saturated heterocycles. The molecule has 1 atom stereocenters. The Labute approximate surface area is 298 Å². The predicted octanol–water partition coefficient (Wildman–Crippen LogP) is 13.8. The second-order valence-corrected chi connectivity index (χ2v) is 13.6. The van der Waals surface area contributed by atoms with Crippen LogP contribution in [0.3, 0.4) is 0 Å². The Kier molecular flexibility index (Phi) is 6.99. The highest BCUT2D eigenvalue weighted by atomic mass is 14.3. The fourth-order valence-electron chi connectivity index (χ4n) is 8.36. The number of fused-ring (bicyclic) bond motifs is 4. The smallest absolute Gasteiger partial charge is 0.0352 e. The van der Waals surface area contributed by atoms with Crippen molar-refractivity contribution in [1.82, 2.24) is 0 Å². The van der Waals surface area contributed by atoms with Gasteiger partial charge >= 0.3 is 0 Å². The minimum atomic E-state index is 0.204. The zero-order chi connectivity index (χ0) is 33.7. The summed E-state index contributed by atoms with van der Waals surface area (Å²) in [7, 11) is 0. The lowest BCUT2D eigenvalue weighted by atomic mass is 9.83. The van der Waals surface area contributed by atoms with Crippen molar-refractivity contribution in [3.05, 3.63) is 216 Å². The molecule has 238 valence electrons. The molecule has 10 rings (SSSR count). The Morgan fingerprint density at radius 2 is 0.882 bits per heavy atom. The Balaban J connectivity index is 1.15. The van der Waals surface area contributed by atoms with Crippen molar-refractivity contribution in [2.45, 2.75) is 5.92 Å². The normalized spacial score (nSPS) is 13.8. The van der Waals surface area contributed by atoms with Crippen LogP contribution < -0.4 is 0 Å². The van der Waals surface area contributed by atoms with E-state index in [-0.39, 0.29) is 5.92 Å². The highest BCUT2D eigenvalue weighted by Gasteiger charge is 2.27. The summed E-state index contributed by atoms with van der Waals surface area (Å²) in [5, 5.41) is 7.59. The van der Waals surface area contributed by atoms with Crippen LogP contribution >= 0.6 is 0 Å². The molecule has 0 nitrogen and oxygen atoms in total. The molecule has 1 aliphatic carbocycles. The van der Waals surface area contributed by atoms with Crippen molar-refractivity contribution in [2.24, 2.45) is 0 Å². The molecular formula is C51H34. The molecule has 0 spiro atoms. The lowest BCUT2D eigenvalue weighted by molar-refractivity contribution is 1.07. The van der Waals surface area contributed by atoms with E-state index >= 15 is 0 Å². The number of benzene rings is 9. The molecule has 9 aromatic rings. The second kappa shape index (κ2) is 12.1. The first-order valence-electron chi connectivity index (χ1n) is 17.8. The van der Waals surface area contributed by atoms with Gasteiger partial charge in [-0.1, -0.05) is 182 Å². The maximum Gasteiger partial charge on any atom is 0.0352 e. The molecular weight excluding hydrogens is 613 g/mol. The van der Waals surface area contributed by atoms with Gasteiger partial charge in [0.2, 0.25) is 0 Å². The largest absolute Gasteiger partial charge is 0.0622 e. The molecule has 0 N–H and O–H groups in total. The molecule has 0 aromatic heterocycles. The number of hydrogen-bond donors (Lipinski definition) is 0. The lowest BCUT2D eigenvalue weighted by Crippen LogP contribution is -2.01. The van der Waals surface area contributed by atoms with E-state index in [2.05, 4.69) is 200 Å². The summed E-state index contributed by atoms with van der Waals surface area (Å²) in [5.41, 5.74) is 14.1. The van der Waals surface area contributed by atoms with Gasteiger partial charge in [-0.25, -0.2) is 0 Å². The third-order valence-electron chi connectivity index (χ3n) is 10.7. The van der Waals surface area contributed by atoms with Gasteiger partial charge in [0.05, 0.1) is 0 Å². The van der Waals surface area contributed by atoms with E-state index in [4.69, 9.17) is 0 Å². The molecule has 0 radical (unpaired) electrons. The van der Waals surface area contributed by atoms with Crippen LogP contribution in [0.1, 0.15) is 28.2 Å². The number of allylic oxidation sites excluding steroid dienone is 1. The van der Waals surface area contributed by atoms with Crippen molar-refractivity contribution in [3.8, 4) is 33.4 Å². The highest BCUT2D eigenvalue weighted by Crippen LogP contribution is 2.47. The quantitative estimate of drug-likeness (QED) is 0.163. The first-order valence-corrected chi connectivity index (χ1v) is 17.8. The van der Waals surface area contributed by atoms with Crippen LogP contribution in [0.4, 0.5) is 0 Å². The SMILES string of the molecule is C1=C(c2ccccc2)C(c2ccc(-c3ccc4c(-c5ccc6ccccc6c5)c5ccccc5c(-c5ccccc5)c4c3)cc2)c2ccccc21. The Morgan fingerprint density at radius 1 is 0.314 bits per heavy atom. The van der Waals surface area contributed by atoms with Gasteiger partial charge in [-0.05, 0) is 112 Å². The molecule has 0 amide bonds. The summed E-state index contributed by atoms with van der Waals surface area (Å²) < 4.78 is 0. The monoisotopic (exact) mass is 646 g/mol. The predicted molar refractivity (Wildman–Crippen MR) is 218 cm³/mol. The molecule has 1 unspecified atom stereocenters. The molecule has 0 bridgehead atoms. The summed E-state index contributed by atoms with van der Waals surface area (Å²) in [6.07, 6.45) is 2.37. The maximum absolute atomic E-state index is 2.42. The van der Waals surface area contributed by atoms with E-state index in [0.29, 0.717) is 0 Å². The highest BCUT2D eigenvalue weighted by molar-refractivity contribution is 6.22. The minimum Gasteiger partial charge on any atom is -0.0622 e. The summed E-state index contributed by atoms with van der Waals surface area (Å²) in [4.78, 5) is 0. The van der Waals surface area contributed by atoms with E-state index in [1.807, 2.05) is 0 Å². The van der Waals surface area contributed by atoms with Gasteiger partial charge in [0, 0.05) is 5.92 Å². The van der Waals surface area contributed by atoms with Crippen LogP contribution in [-0.4, -0.2) is 0 Å². The van der Waals surface area contributed by atoms with Gasteiger partial charge in [-0.2, -0.15) is 0 Å². The molecule has 0 saturated carbocycles. The summed E-state index contributed by atoms with van der Waals surface area (Å²) in [6.45, 7) is 0. The molecule has 1 aliphatic rings. The van der Waals surface area contributed by atoms with Crippen molar-refractivity contribution in [1.29, 1.82) is 0 Å². The van der Waals surface area contributed by atoms with Crippen molar-refractivity contribution < 1.29 is 0 Å². The molecule has 51 heavy (non-hydrogen) atoms. The van der Waals surface area contributed by atoms with E-state index in [0.717, 1.165) is 0 Å². The van der Waals surface area contributed by atoms with Crippen LogP contribution in [0.2, 0.25) is 0 Å². The fourth-order valence-corrected chi connectivity index (χ4v) is 8.36. The van der Waals surface area contributed by atoms with Crippen LogP contribution in [0.5, 0.6) is 0 Å². The molecule has 0 fully saturated rings. The van der Waals surface area contributed by atoms with E-state index in [1.54, 1.807) is 0 Å². The number of hydrogen-bond acceptors (Lipinski definition) is 0. The van der Waals surface area contributed by atoms with Crippen LogP contribution in [0, 0.1) is 0 Å². The van der Waals surface area contributed by atoms with Crippen LogP contribution in [0.25, 0.3) is 77.3 Å². The first kappa shape index (κ1) is 29.4. The Morgan fingerprint density at radius 3 is 1.65 bits per heavy atom. The van der Waals surface area contributed by atoms with Crippen molar-refractivity contribution >= 4 is 44.0 Å². The molecule has 0 heteroatoms. The summed E-state index contributed by atoms with van der Waals surface area (Å²) in [6, 6.07) is 71.4. The molecule has 9 aromatic carbocycles. The average molecular weight is 647 g/mol. The van der Waals surface area contributed by atoms with E-state index in [1.165, 1.54) is 93.5 Å². The third kappa shape index (κ3) is 4.99. The number of rotatable bonds is 5. The van der Waals surface area contributed by atoms with E-state index in [9.17, 15) is 0 Å². The van der Waals surface area contributed by atoms with Crippen molar-refractivity contribution in [3.63, 3.8) is 0 Å². The standard InChI is InChI=1S/C51H34/c1-3-14-36(15-4-1)47-33-41-19-9-10-20-43(41)49(47)38-26-23-35(24-27-38)40-29-30-46-48(32-40)50(37-16-5-2-6-17-37)44-21-11-12-22-45(44)51(46)42-28-25-34-13-7-8-18-39(34)31-42/h1-33,49H. The van der Waals surface area contributed by atoms with Gasteiger partial charge in [0.1, 0.15) is 0 Å². The van der Waals surface area contributed by atoms with Crippen LogP contribution in [-0.2, 0) is 0 Å². The van der Waals surface area contributed by atoms with Gasteiger partial charge in [-0.3, -0.25) is 0 Å². The first-order chi connectivity index (χ1) is 25.3. The van der Waals surface area contributed by atoms with Crippen LogP contribution in [0.15, 0.2) is 194 Å². The minimum absolute atomic E-state index is 0.204. The summed E-state index contributed by atoms with van der Waals surface area (Å²) >= 11 is 0. The van der Waals surface area contributed by atoms with Gasteiger partial charge in [0.25, 0.3) is 0 Å². The van der Waals surface area contributed by atoms with E-state index < -0.39 is 0 Å². The summed E-state index contributed by atoms with van der Waals surface area (Å²) in [5.74, 6) is 0.204. The van der Waals surface area contributed by atoms with Crippen molar-refractivity contribution in [2.75, 3.05) is 0 Å². The average Bonchev–Trinajstić information content (AvgIpc) is 3.60. The second-order valence-electron chi connectivity index (χ2n) is 13.6. The molecule has 0 heterocycles. The molecule has 0 aliphatic heterocycles. The topological polar surface area (TPSA) is 0 Å². The van der Waals surface area contributed by atoms with Gasteiger partial charge in [-0.15, -0.1) is 0 Å². The lowest BCUT2D eigenvalue weighted by Gasteiger charge is -2.20. The zero-order valence-electron chi connectivity index (χ0n) is 28.1. The third-order valence-corrected chi connectivity index (χ3v) is 10.7. The maximum atomic E-state index is 2.42. The van der Waals surface area contributed by atoms with Gasteiger partial charge < -0.3 is 0 Å². The van der Waals surface area contributed by atoms with Gasteiger partial charge in [0.15, 0.2) is 0 Å².